The van der Waals surface area contributed by atoms with Crippen LogP contribution in [0, 0.1) is 0 Å². The quantitative estimate of drug-likeness (QED) is 0.664. The van der Waals surface area contributed by atoms with E-state index in [1.54, 1.807) is 11.3 Å². The summed E-state index contributed by atoms with van der Waals surface area (Å²) in [4.78, 5) is 34.4. The molecule has 1 aliphatic carbocycles. The third kappa shape index (κ3) is 4.90. The van der Waals surface area contributed by atoms with E-state index in [0.717, 1.165) is 42.3 Å². The number of sulfonamides is 1. The van der Waals surface area contributed by atoms with Gasteiger partial charge in [-0.1, -0.05) is 0 Å². The maximum absolute atomic E-state index is 12.6. The summed E-state index contributed by atoms with van der Waals surface area (Å²) in [6.45, 7) is 0.831. The van der Waals surface area contributed by atoms with Crippen LogP contribution >= 0.6 is 23.1 Å². The number of nitrogens with one attached hydrogen (secondary N) is 2. The highest BCUT2D eigenvalue weighted by Gasteiger charge is 2.26. The molecule has 3 heterocycles. The molecule has 4 rings (SSSR count). The van der Waals surface area contributed by atoms with E-state index in [1.807, 2.05) is 0 Å². The second kappa shape index (κ2) is 8.97. The van der Waals surface area contributed by atoms with Crippen LogP contribution in [0.15, 0.2) is 4.79 Å². The number of aryl methyl sites for hydroxylation is 2. The number of piperidine rings is 1. The average molecular weight is 471 g/mol. The minimum Gasteiger partial charge on any atom is -0.351 e. The highest BCUT2D eigenvalue weighted by molar-refractivity contribution is 7.99. The van der Waals surface area contributed by atoms with Crippen LogP contribution in [0.3, 0.4) is 0 Å². The summed E-state index contributed by atoms with van der Waals surface area (Å²) in [5, 5.41) is 3.67. The van der Waals surface area contributed by atoms with Gasteiger partial charge in [0.1, 0.15) is 10.7 Å². The minimum absolute atomic E-state index is 0.0810. The Kier molecular flexibility index (Phi) is 6.52. The van der Waals surface area contributed by atoms with Gasteiger partial charge in [0.05, 0.1) is 23.1 Å². The van der Waals surface area contributed by atoms with Crippen LogP contribution in [-0.4, -0.2) is 59.7 Å². The molecule has 1 atom stereocenters. The largest absolute Gasteiger partial charge is 0.351 e. The van der Waals surface area contributed by atoms with Gasteiger partial charge in [-0.15, -0.1) is 23.1 Å². The van der Waals surface area contributed by atoms with Gasteiger partial charge >= 0.3 is 0 Å². The second-order valence-corrected chi connectivity index (χ2v) is 12.0. The number of hydrogen-bond donors (Lipinski definition) is 2. The van der Waals surface area contributed by atoms with Gasteiger partial charge in [-0.05, 0) is 44.1 Å². The summed E-state index contributed by atoms with van der Waals surface area (Å²) in [5.74, 6) is 1.14. The summed E-state index contributed by atoms with van der Waals surface area (Å²) in [6.07, 6.45) is 6.97. The highest BCUT2D eigenvalue weighted by Crippen LogP contribution is 2.33. The van der Waals surface area contributed by atoms with Crippen molar-refractivity contribution in [1.82, 2.24) is 19.6 Å². The first kappa shape index (κ1) is 21.8. The van der Waals surface area contributed by atoms with Gasteiger partial charge in [-0.25, -0.2) is 17.7 Å². The smallest absolute Gasteiger partial charge is 0.259 e. The molecule has 30 heavy (non-hydrogen) atoms. The van der Waals surface area contributed by atoms with Crippen LogP contribution in [0.1, 0.15) is 41.9 Å². The van der Waals surface area contributed by atoms with Gasteiger partial charge < -0.3 is 10.3 Å². The molecule has 1 saturated heterocycles. The fourth-order valence-corrected chi connectivity index (χ4v) is 7.04. The van der Waals surface area contributed by atoms with Crippen LogP contribution in [0.2, 0.25) is 0 Å². The van der Waals surface area contributed by atoms with E-state index in [-0.39, 0.29) is 23.3 Å². The zero-order valence-electron chi connectivity index (χ0n) is 16.9. The first-order valence-electron chi connectivity index (χ1n) is 10.2. The van der Waals surface area contributed by atoms with Gasteiger partial charge in [0.15, 0.2) is 0 Å². The Bertz CT molecular complexity index is 1110. The lowest BCUT2D eigenvalue weighted by molar-refractivity contribution is -0.119. The number of rotatable bonds is 6. The molecule has 2 aromatic rings. The fraction of sp³-hybridized carbons (Fsp3) is 0.632. The molecule has 0 saturated carbocycles. The van der Waals surface area contributed by atoms with E-state index in [9.17, 15) is 18.0 Å². The number of aromatic nitrogens is 2. The Morgan fingerprint density at radius 1 is 1.33 bits per heavy atom. The van der Waals surface area contributed by atoms with Crippen molar-refractivity contribution in [2.75, 3.05) is 25.1 Å². The Morgan fingerprint density at radius 2 is 2.13 bits per heavy atom. The maximum Gasteiger partial charge on any atom is 0.259 e. The predicted octanol–water partition coefficient (Wildman–Crippen LogP) is 1.64. The molecule has 0 radical (unpaired) electrons. The summed E-state index contributed by atoms with van der Waals surface area (Å²) < 4.78 is 24.8. The van der Waals surface area contributed by atoms with Crippen molar-refractivity contribution < 1.29 is 13.2 Å². The van der Waals surface area contributed by atoms with Crippen molar-refractivity contribution in [2.45, 2.75) is 50.3 Å². The zero-order chi connectivity index (χ0) is 21.3. The van der Waals surface area contributed by atoms with E-state index in [1.165, 1.54) is 39.2 Å². The van der Waals surface area contributed by atoms with E-state index >= 15 is 0 Å². The topological polar surface area (TPSA) is 112 Å². The normalized spacial score (nSPS) is 20.2. The van der Waals surface area contributed by atoms with E-state index in [4.69, 9.17) is 0 Å². The molecule has 2 aliphatic rings. The van der Waals surface area contributed by atoms with E-state index in [0.29, 0.717) is 24.7 Å². The number of aromatic amines is 1. The van der Waals surface area contributed by atoms with Crippen molar-refractivity contribution in [3.05, 3.63) is 26.6 Å². The Morgan fingerprint density at radius 3 is 2.93 bits per heavy atom. The minimum atomic E-state index is -3.24. The van der Waals surface area contributed by atoms with Crippen LogP contribution in [0.25, 0.3) is 10.2 Å². The van der Waals surface area contributed by atoms with Gasteiger partial charge in [0.25, 0.3) is 5.56 Å². The molecule has 0 spiro atoms. The van der Waals surface area contributed by atoms with Crippen molar-refractivity contribution >= 4 is 49.2 Å². The van der Waals surface area contributed by atoms with Crippen molar-refractivity contribution in [3.63, 3.8) is 0 Å². The van der Waals surface area contributed by atoms with Crippen LogP contribution in [0.5, 0.6) is 0 Å². The van der Waals surface area contributed by atoms with Gasteiger partial charge in [-0.3, -0.25) is 9.59 Å². The van der Waals surface area contributed by atoms with Crippen LogP contribution in [0.4, 0.5) is 0 Å². The number of thioether (sulfide) groups is 1. The van der Waals surface area contributed by atoms with Crippen molar-refractivity contribution in [1.29, 1.82) is 0 Å². The van der Waals surface area contributed by atoms with Crippen LogP contribution < -0.4 is 10.9 Å². The molecule has 2 aromatic heterocycles. The first-order valence-corrected chi connectivity index (χ1v) is 14.0. The fourth-order valence-electron chi connectivity index (χ4n) is 4.15. The molecule has 164 valence electrons. The molecule has 1 unspecified atom stereocenters. The molecule has 1 aliphatic heterocycles. The first-order chi connectivity index (χ1) is 14.3. The molecule has 0 bridgehead atoms. The summed E-state index contributed by atoms with van der Waals surface area (Å²) >= 11 is 3.01. The standard InChI is InChI=1S/C19H26N4O4S3/c1-30(26,27)23-8-4-5-12(9-23)20-16(24)11-28-10-15-21-18(25)17-13-6-2-3-7-14(13)29-19(17)22-15/h12H,2-11H2,1H3,(H,20,24)(H,21,22,25). The number of H-pyrrole nitrogens is 1. The number of hydrogen-bond acceptors (Lipinski definition) is 7. The molecule has 0 aromatic carbocycles. The van der Waals surface area contributed by atoms with Gasteiger partial charge in [0, 0.05) is 24.0 Å². The molecular weight excluding hydrogens is 444 g/mol. The Labute approximate surface area is 183 Å². The third-order valence-electron chi connectivity index (χ3n) is 5.56. The number of carbonyl (C=O) groups is 1. The summed E-state index contributed by atoms with van der Waals surface area (Å²) in [7, 11) is -3.24. The number of amides is 1. The molecule has 2 N–H and O–H groups in total. The van der Waals surface area contributed by atoms with Crippen molar-refractivity contribution in [2.24, 2.45) is 0 Å². The number of thiophene rings is 1. The molecule has 8 nitrogen and oxygen atoms in total. The lowest BCUT2D eigenvalue weighted by Gasteiger charge is -2.31. The van der Waals surface area contributed by atoms with Gasteiger partial charge in [0.2, 0.25) is 15.9 Å². The number of carbonyl (C=O) groups excluding carboxylic acids is 1. The lowest BCUT2D eigenvalue weighted by Crippen LogP contribution is -2.49. The van der Waals surface area contributed by atoms with Crippen LogP contribution in [-0.2, 0) is 33.4 Å². The molecule has 1 amide bonds. The Hall–Kier alpha value is -1.43. The summed E-state index contributed by atoms with van der Waals surface area (Å²) in [6, 6.07) is -0.159. The van der Waals surface area contributed by atoms with E-state index in [2.05, 4.69) is 15.3 Å². The monoisotopic (exact) mass is 470 g/mol. The number of fused-ring (bicyclic) bond motifs is 3. The predicted molar refractivity (Wildman–Crippen MR) is 121 cm³/mol. The zero-order valence-corrected chi connectivity index (χ0v) is 19.4. The van der Waals surface area contributed by atoms with Gasteiger partial charge in [-0.2, -0.15) is 0 Å². The molecule has 1 fully saturated rings. The summed E-state index contributed by atoms with van der Waals surface area (Å²) in [5.41, 5.74) is 1.09. The van der Waals surface area contributed by atoms with Crippen molar-refractivity contribution in [3.8, 4) is 0 Å². The van der Waals surface area contributed by atoms with E-state index < -0.39 is 10.0 Å². The maximum atomic E-state index is 12.6. The lowest BCUT2D eigenvalue weighted by atomic mass is 9.97. The third-order valence-corrected chi connectivity index (χ3v) is 8.96. The SMILES string of the molecule is CS(=O)(=O)N1CCCC(NC(=O)CSCc2nc3sc4c(c3c(=O)[nH]2)CCCC4)C1. The number of nitrogens with zero attached hydrogens (tertiary/aromatic N) is 2. The molecular formula is C19H26N4O4S3. The highest BCUT2D eigenvalue weighted by atomic mass is 32.2. The molecule has 11 heteroatoms. The average Bonchev–Trinajstić information content (AvgIpc) is 3.06. The second-order valence-electron chi connectivity index (χ2n) is 7.92. The Balaban J connectivity index is 1.32.